The summed E-state index contributed by atoms with van der Waals surface area (Å²) in [5.41, 5.74) is 0.582. The molecule has 0 aliphatic carbocycles. The largest absolute Gasteiger partial charge is 0.346 e. The van der Waals surface area contributed by atoms with Gasteiger partial charge in [-0.1, -0.05) is 0 Å². The number of carbonyl (C=O) groups excluding carboxylic acids is 1. The molecule has 0 unspecified atom stereocenters. The molecule has 0 aliphatic heterocycles. The number of carbonyl (C=O) groups is 1. The summed E-state index contributed by atoms with van der Waals surface area (Å²) in [4.78, 5) is 19.7. The molecule has 0 fully saturated rings. The van der Waals surface area contributed by atoms with Gasteiger partial charge < -0.3 is 5.32 Å². The lowest BCUT2D eigenvalue weighted by Crippen LogP contribution is -2.22. The van der Waals surface area contributed by atoms with Crippen molar-refractivity contribution in [1.82, 2.24) is 15.3 Å². The van der Waals surface area contributed by atoms with Crippen LogP contribution in [0, 0.1) is 0 Å². The second kappa shape index (κ2) is 5.18. The molecule has 2 aromatic heterocycles. The highest BCUT2D eigenvalue weighted by atomic mass is 79.9. The average Bonchev–Trinajstić information content (AvgIpc) is 2.78. The predicted octanol–water partition coefficient (Wildman–Crippen LogP) is 2.23. The van der Waals surface area contributed by atoms with E-state index < -0.39 is 0 Å². The first-order chi connectivity index (χ1) is 7.75. The fourth-order valence-corrected chi connectivity index (χ4v) is 2.06. The summed E-state index contributed by atoms with van der Waals surface area (Å²) in [6.07, 6.45) is 3.30. The van der Waals surface area contributed by atoms with Crippen molar-refractivity contribution in [3.8, 4) is 0 Å². The van der Waals surface area contributed by atoms with Gasteiger partial charge in [-0.15, -0.1) is 11.3 Å². The Bertz CT molecular complexity index is 487. The molecule has 1 amide bonds. The summed E-state index contributed by atoms with van der Waals surface area (Å²) < 4.78 is 0.648. The first-order valence-corrected chi connectivity index (χ1v) is 6.21. The summed E-state index contributed by atoms with van der Waals surface area (Å²) in [6.45, 7) is 0.455. The van der Waals surface area contributed by atoms with E-state index in [1.54, 1.807) is 24.5 Å². The molecular weight excluding hydrogens is 290 g/mol. The summed E-state index contributed by atoms with van der Waals surface area (Å²) in [5, 5.41) is 5.56. The van der Waals surface area contributed by atoms with Crippen molar-refractivity contribution in [2.75, 3.05) is 0 Å². The normalized spacial score (nSPS) is 10.1. The van der Waals surface area contributed by atoms with Crippen molar-refractivity contribution in [1.29, 1.82) is 0 Å². The minimum Gasteiger partial charge on any atom is -0.346 e. The van der Waals surface area contributed by atoms with Gasteiger partial charge in [-0.3, -0.25) is 4.79 Å². The van der Waals surface area contributed by atoms with Crippen LogP contribution >= 0.6 is 27.3 Å². The fraction of sp³-hybridized carbons (Fsp3) is 0.100. The van der Waals surface area contributed by atoms with E-state index in [0.717, 1.165) is 5.01 Å². The van der Waals surface area contributed by atoms with E-state index in [0.29, 0.717) is 16.7 Å². The number of hydrogen-bond acceptors (Lipinski definition) is 4. The molecule has 0 bridgehead atoms. The van der Waals surface area contributed by atoms with Gasteiger partial charge in [0.15, 0.2) is 0 Å². The zero-order valence-electron chi connectivity index (χ0n) is 8.18. The highest BCUT2D eigenvalue weighted by molar-refractivity contribution is 9.10. The molecule has 6 heteroatoms. The van der Waals surface area contributed by atoms with E-state index in [1.165, 1.54) is 11.3 Å². The minimum atomic E-state index is -0.127. The molecule has 2 heterocycles. The van der Waals surface area contributed by atoms with Gasteiger partial charge in [0, 0.05) is 23.3 Å². The number of nitrogens with one attached hydrogen (secondary N) is 1. The highest BCUT2D eigenvalue weighted by Crippen LogP contribution is 2.08. The van der Waals surface area contributed by atoms with Crippen LogP contribution in [-0.4, -0.2) is 15.9 Å². The smallest absolute Gasteiger partial charge is 0.251 e. The van der Waals surface area contributed by atoms with E-state index in [2.05, 4.69) is 31.2 Å². The van der Waals surface area contributed by atoms with Crippen LogP contribution in [0.5, 0.6) is 0 Å². The van der Waals surface area contributed by atoms with Gasteiger partial charge in [-0.05, 0) is 28.1 Å². The number of amides is 1. The van der Waals surface area contributed by atoms with Crippen LogP contribution < -0.4 is 5.32 Å². The average molecular weight is 298 g/mol. The predicted molar refractivity (Wildman–Crippen MR) is 65.2 cm³/mol. The number of nitrogens with zero attached hydrogens (tertiary/aromatic N) is 2. The van der Waals surface area contributed by atoms with Crippen LogP contribution in [0.3, 0.4) is 0 Å². The number of hydrogen-bond donors (Lipinski definition) is 1. The number of rotatable bonds is 3. The van der Waals surface area contributed by atoms with Crippen LogP contribution in [0.2, 0.25) is 0 Å². The Morgan fingerprint density at radius 1 is 1.44 bits per heavy atom. The van der Waals surface area contributed by atoms with Crippen molar-refractivity contribution >= 4 is 33.2 Å². The van der Waals surface area contributed by atoms with Crippen LogP contribution in [0.15, 0.2) is 34.5 Å². The van der Waals surface area contributed by atoms with Gasteiger partial charge in [0.25, 0.3) is 5.91 Å². The van der Waals surface area contributed by atoms with Crippen LogP contribution in [0.25, 0.3) is 0 Å². The second-order valence-electron chi connectivity index (χ2n) is 2.98. The zero-order valence-corrected chi connectivity index (χ0v) is 10.6. The molecule has 2 aromatic rings. The molecule has 2 rings (SSSR count). The number of halogens is 1. The number of thiazole rings is 1. The maximum Gasteiger partial charge on any atom is 0.251 e. The van der Waals surface area contributed by atoms with E-state index in [-0.39, 0.29) is 5.91 Å². The lowest BCUT2D eigenvalue weighted by atomic mass is 10.2. The zero-order chi connectivity index (χ0) is 11.4. The van der Waals surface area contributed by atoms with Crippen LogP contribution in [-0.2, 0) is 6.54 Å². The maximum atomic E-state index is 11.7. The molecule has 0 aliphatic rings. The van der Waals surface area contributed by atoms with Crippen molar-refractivity contribution in [2.45, 2.75) is 6.54 Å². The summed E-state index contributed by atoms with van der Waals surface area (Å²) in [6, 6.07) is 3.35. The Hall–Kier alpha value is -1.27. The highest BCUT2D eigenvalue weighted by Gasteiger charge is 2.06. The molecule has 0 atom stereocenters. The van der Waals surface area contributed by atoms with Crippen molar-refractivity contribution in [3.63, 3.8) is 0 Å². The van der Waals surface area contributed by atoms with Crippen molar-refractivity contribution in [3.05, 3.63) is 45.1 Å². The van der Waals surface area contributed by atoms with Gasteiger partial charge in [0.05, 0.1) is 6.54 Å². The molecule has 0 spiro atoms. The van der Waals surface area contributed by atoms with Gasteiger partial charge in [-0.2, -0.15) is 0 Å². The molecule has 0 radical (unpaired) electrons. The van der Waals surface area contributed by atoms with E-state index in [4.69, 9.17) is 0 Å². The number of aromatic nitrogens is 2. The third kappa shape index (κ3) is 2.86. The first kappa shape index (κ1) is 11.2. The second-order valence-corrected chi connectivity index (χ2v) is 4.77. The van der Waals surface area contributed by atoms with Gasteiger partial charge in [0.2, 0.25) is 0 Å². The van der Waals surface area contributed by atoms with Crippen molar-refractivity contribution in [2.24, 2.45) is 0 Å². The molecule has 0 saturated carbocycles. The maximum absolute atomic E-state index is 11.7. The van der Waals surface area contributed by atoms with E-state index >= 15 is 0 Å². The molecular formula is C10H8BrN3OS. The Labute approximate surface area is 105 Å². The topological polar surface area (TPSA) is 54.9 Å². The van der Waals surface area contributed by atoms with Gasteiger partial charge in [0.1, 0.15) is 9.61 Å². The Morgan fingerprint density at radius 2 is 2.31 bits per heavy atom. The van der Waals surface area contributed by atoms with Crippen LogP contribution in [0.4, 0.5) is 0 Å². The summed E-state index contributed by atoms with van der Waals surface area (Å²) in [7, 11) is 0. The van der Waals surface area contributed by atoms with Gasteiger partial charge in [-0.25, -0.2) is 9.97 Å². The lowest BCUT2D eigenvalue weighted by molar-refractivity contribution is 0.0950. The quantitative estimate of drug-likeness (QED) is 0.884. The Morgan fingerprint density at radius 3 is 3.00 bits per heavy atom. The molecule has 82 valence electrons. The summed E-state index contributed by atoms with van der Waals surface area (Å²) in [5.74, 6) is -0.127. The van der Waals surface area contributed by atoms with E-state index in [9.17, 15) is 4.79 Å². The summed E-state index contributed by atoms with van der Waals surface area (Å²) >= 11 is 4.73. The Kier molecular flexibility index (Phi) is 3.63. The van der Waals surface area contributed by atoms with Gasteiger partial charge >= 0.3 is 0 Å². The van der Waals surface area contributed by atoms with Crippen LogP contribution in [0.1, 0.15) is 15.4 Å². The molecule has 16 heavy (non-hydrogen) atoms. The first-order valence-electron chi connectivity index (χ1n) is 4.54. The molecule has 0 aromatic carbocycles. The molecule has 0 saturated heterocycles. The number of pyridine rings is 1. The Balaban J connectivity index is 1.98. The fourth-order valence-electron chi connectivity index (χ4n) is 1.14. The molecule has 4 nitrogen and oxygen atoms in total. The monoisotopic (exact) mass is 297 g/mol. The third-order valence-electron chi connectivity index (χ3n) is 1.87. The lowest BCUT2D eigenvalue weighted by Gasteiger charge is -2.02. The van der Waals surface area contributed by atoms with E-state index in [1.807, 2.05) is 5.38 Å². The molecule has 1 N–H and O–H groups in total. The SMILES string of the molecule is O=C(NCc1nccs1)c1ccnc(Br)c1. The minimum absolute atomic E-state index is 0.127. The standard InChI is InChI=1S/C10H8BrN3OS/c11-8-5-7(1-2-12-8)10(15)14-6-9-13-3-4-16-9/h1-5H,6H2,(H,14,15). The van der Waals surface area contributed by atoms with Crippen molar-refractivity contribution < 1.29 is 4.79 Å². The third-order valence-corrected chi connectivity index (χ3v) is 3.09.